The third kappa shape index (κ3) is 1.16. The van der Waals surface area contributed by atoms with Gasteiger partial charge in [0, 0.05) is 11.9 Å². The van der Waals surface area contributed by atoms with Crippen molar-refractivity contribution < 1.29 is 0 Å². The molecule has 0 fully saturated rings. The number of pyridine rings is 1. The largest absolute Gasteiger partial charge is 0.307 e. The minimum atomic E-state index is 0.468. The molecule has 0 bridgehead atoms. The van der Waals surface area contributed by atoms with Crippen LogP contribution >= 0.6 is 0 Å². The number of hydrogen-bond donors (Lipinski definition) is 1. The Bertz CT molecular complexity index is 296. The second-order valence-corrected chi connectivity index (χ2v) is 2.19. The van der Waals surface area contributed by atoms with Crippen molar-refractivity contribution in [3.05, 3.63) is 36.5 Å². The predicted octanol–water partition coefficient (Wildman–Crippen LogP) is 1.46. The van der Waals surface area contributed by atoms with Crippen LogP contribution in [0.3, 0.4) is 0 Å². The average molecular weight is 134 g/mol. The molecule has 1 aromatic rings. The van der Waals surface area contributed by atoms with Crippen LogP contribution in [0.15, 0.2) is 31.0 Å². The SMILES string of the molecule is C=C(C)n1ccccc1=N. The molecule has 0 saturated carbocycles. The van der Waals surface area contributed by atoms with E-state index in [4.69, 9.17) is 5.41 Å². The van der Waals surface area contributed by atoms with Crippen molar-refractivity contribution >= 4 is 5.70 Å². The predicted molar refractivity (Wildman–Crippen MR) is 41.3 cm³/mol. The molecule has 0 atom stereocenters. The minimum absolute atomic E-state index is 0.468. The van der Waals surface area contributed by atoms with Gasteiger partial charge in [0.2, 0.25) is 0 Å². The molecule has 1 N–H and O–H groups in total. The van der Waals surface area contributed by atoms with Crippen molar-refractivity contribution in [1.29, 1.82) is 5.41 Å². The van der Waals surface area contributed by atoms with E-state index in [2.05, 4.69) is 6.58 Å². The molecule has 52 valence electrons. The number of nitrogens with one attached hydrogen (secondary N) is 1. The smallest absolute Gasteiger partial charge is 0.128 e. The van der Waals surface area contributed by atoms with Crippen molar-refractivity contribution in [3.63, 3.8) is 0 Å². The highest BCUT2D eigenvalue weighted by atomic mass is 15.0. The van der Waals surface area contributed by atoms with E-state index in [-0.39, 0.29) is 0 Å². The van der Waals surface area contributed by atoms with Gasteiger partial charge in [-0.2, -0.15) is 0 Å². The van der Waals surface area contributed by atoms with Gasteiger partial charge in [0.05, 0.1) is 0 Å². The molecule has 10 heavy (non-hydrogen) atoms. The fraction of sp³-hybridized carbons (Fsp3) is 0.125. The highest BCUT2D eigenvalue weighted by Crippen LogP contribution is 1.92. The van der Waals surface area contributed by atoms with E-state index in [0.29, 0.717) is 5.49 Å². The first-order chi connectivity index (χ1) is 4.72. The standard InChI is InChI=1S/C8H10N2/c1-7(2)10-6-4-3-5-8(10)9/h3-6,9H,1H2,2H3. The van der Waals surface area contributed by atoms with Gasteiger partial charge in [-0.25, -0.2) is 0 Å². The topological polar surface area (TPSA) is 28.8 Å². The van der Waals surface area contributed by atoms with Crippen molar-refractivity contribution in [1.82, 2.24) is 4.57 Å². The number of aromatic nitrogens is 1. The molecule has 0 amide bonds. The number of hydrogen-bond acceptors (Lipinski definition) is 1. The monoisotopic (exact) mass is 134 g/mol. The zero-order chi connectivity index (χ0) is 7.56. The van der Waals surface area contributed by atoms with Crippen LogP contribution in [0, 0.1) is 5.41 Å². The lowest BCUT2D eigenvalue weighted by Gasteiger charge is -2.02. The first-order valence-electron chi connectivity index (χ1n) is 3.10. The Labute approximate surface area is 60.0 Å². The Morgan fingerprint density at radius 3 is 2.70 bits per heavy atom. The maximum absolute atomic E-state index is 7.40. The van der Waals surface area contributed by atoms with E-state index >= 15 is 0 Å². The van der Waals surface area contributed by atoms with Gasteiger partial charge in [0.1, 0.15) is 5.49 Å². The summed E-state index contributed by atoms with van der Waals surface area (Å²) >= 11 is 0. The van der Waals surface area contributed by atoms with E-state index in [0.717, 1.165) is 5.70 Å². The Balaban J connectivity index is 3.29. The van der Waals surface area contributed by atoms with Crippen LogP contribution in [0.25, 0.3) is 5.70 Å². The van der Waals surface area contributed by atoms with E-state index in [1.165, 1.54) is 0 Å². The van der Waals surface area contributed by atoms with Crippen molar-refractivity contribution in [3.8, 4) is 0 Å². The van der Waals surface area contributed by atoms with E-state index in [1.54, 1.807) is 10.6 Å². The van der Waals surface area contributed by atoms with Crippen molar-refractivity contribution in [2.45, 2.75) is 6.92 Å². The number of allylic oxidation sites excluding steroid dienone is 1. The molecule has 0 unspecified atom stereocenters. The fourth-order valence-corrected chi connectivity index (χ4v) is 0.776. The molecule has 0 saturated heterocycles. The lowest BCUT2D eigenvalue weighted by Crippen LogP contribution is -2.15. The van der Waals surface area contributed by atoms with Gasteiger partial charge in [-0.15, -0.1) is 0 Å². The summed E-state index contributed by atoms with van der Waals surface area (Å²) in [6.07, 6.45) is 1.82. The molecule has 0 radical (unpaired) electrons. The molecule has 1 rings (SSSR count). The minimum Gasteiger partial charge on any atom is -0.307 e. The first-order valence-corrected chi connectivity index (χ1v) is 3.10. The van der Waals surface area contributed by atoms with Gasteiger partial charge < -0.3 is 4.57 Å². The average Bonchev–Trinajstić information content (AvgIpc) is 1.88. The van der Waals surface area contributed by atoms with E-state index in [1.807, 2.05) is 25.3 Å². The fourth-order valence-electron chi connectivity index (χ4n) is 0.776. The van der Waals surface area contributed by atoms with Gasteiger partial charge in [-0.05, 0) is 19.1 Å². The summed E-state index contributed by atoms with van der Waals surface area (Å²) in [5.74, 6) is 0. The molecule has 1 aromatic heterocycles. The van der Waals surface area contributed by atoms with Gasteiger partial charge in [0.15, 0.2) is 0 Å². The summed E-state index contributed by atoms with van der Waals surface area (Å²) in [6.45, 7) is 5.60. The summed E-state index contributed by atoms with van der Waals surface area (Å²) in [7, 11) is 0. The van der Waals surface area contributed by atoms with Crippen LogP contribution in [0.1, 0.15) is 6.92 Å². The van der Waals surface area contributed by atoms with Crippen LogP contribution in [-0.4, -0.2) is 4.57 Å². The quantitative estimate of drug-likeness (QED) is 0.602. The van der Waals surface area contributed by atoms with Crippen LogP contribution in [0.2, 0.25) is 0 Å². The molecule has 2 nitrogen and oxygen atoms in total. The van der Waals surface area contributed by atoms with Crippen LogP contribution < -0.4 is 5.49 Å². The zero-order valence-corrected chi connectivity index (χ0v) is 5.96. The summed E-state index contributed by atoms with van der Waals surface area (Å²) in [5.41, 5.74) is 1.33. The lowest BCUT2D eigenvalue weighted by molar-refractivity contribution is 0.941. The van der Waals surface area contributed by atoms with Gasteiger partial charge in [0.25, 0.3) is 0 Å². The summed E-state index contributed by atoms with van der Waals surface area (Å²) in [5, 5.41) is 7.40. The molecule has 1 heterocycles. The van der Waals surface area contributed by atoms with Crippen molar-refractivity contribution in [2.24, 2.45) is 0 Å². The molecule has 0 aromatic carbocycles. The molecule has 0 spiro atoms. The van der Waals surface area contributed by atoms with Gasteiger partial charge in [-0.3, -0.25) is 5.41 Å². The zero-order valence-electron chi connectivity index (χ0n) is 5.96. The maximum atomic E-state index is 7.40. The highest BCUT2D eigenvalue weighted by molar-refractivity contribution is 5.36. The summed E-state index contributed by atoms with van der Waals surface area (Å²) < 4.78 is 1.72. The molecule has 0 aliphatic carbocycles. The Kier molecular flexibility index (Phi) is 1.71. The van der Waals surface area contributed by atoms with E-state index < -0.39 is 0 Å². The normalized spacial score (nSPS) is 9.30. The van der Waals surface area contributed by atoms with Crippen molar-refractivity contribution in [2.75, 3.05) is 0 Å². The molecule has 0 aliphatic heterocycles. The summed E-state index contributed by atoms with van der Waals surface area (Å²) in [4.78, 5) is 0. The maximum Gasteiger partial charge on any atom is 0.128 e. The van der Waals surface area contributed by atoms with Crippen LogP contribution in [0.5, 0.6) is 0 Å². The Morgan fingerprint density at radius 2 is 2.30 bits per heavy atom. The third-order valence-electron chi connectivity index (χ3n) is 1.27. The van der Waals surface area contributed by atoms with E-state index in [9.17, 15) is 0 Å². The molecular formula is C8H10N2. The highest BCUT2D eigenvalue weighted by Gasteiger charge is 1.87. The third-order valence-corrected chi connectivity index (χ3v) is 1.27. The Hall–Kier alpha value is -1.31. The molecule has 2 heteroatoms. The first kappa shape index (κ1) is 6.81. The molecular weight excluding hydrogens is 124 g/mol. The number of nitrogens with zero attached hydrogens (tertiary/aromatic N) is 1. The summed E-state index contributed by atoms with van der Waals surface area (Å²) in [6, 6.07) is 5.45. The van der Waals surface area contributed by atoms with Crippen LogP contribution in [0.4, 0.5) is 0 Å². The second kappa shape index (κ2) is 2.52. The van der Waals surface area contributed by atoms with Crippen LogP contribution in [-0.2, 0) is 0 Å². The Morgan fingerprint density at radius 1 is 1.60 bits per heavy atom. The number of rotatable bonds is 1. The second-order valence-electron chi connectivity index (χ2n) is 2.19. The van der Waals surface area contributed by atoms with Gasteiger partial charge >= 0.3 is 0 Å². The molecule has 0 aliphatic rings. The lowest BCUT2D eigenvalue weighted by atomic mass is 10.4. The van der Waals surface area contributed by atoms with Gasteiger partial charge in [-0.1, -0.05) is 12.6 Å².